The Morgan fingerprint density at radius 3 is 2.31 bits per heavy atom. The molecule has 1 amide bonds. The molecule has 1 saturated carbocycles. The van der Waals surface area contributed by atoms with Crippen molar-refractivity contribution in [3.8, 4) is 0 Å². The summed E-state index contributed by atoms with van der Waals surface area (Å²) in [5.74, 6) is -2.08. The van der Waals surface area contributed by atoms with Gasteiger partial charge in [0.05, 0.1) is 13.0 Å². The average molecular weight is 373 g/mol. The van der Waals surface area contributed by atoms with E-state index < -0.39 is 41.8 Å². The second-order valence-electron chi connectivity index (χ2n) is 6.21. The minimum absolute atomic E-state index is 0.00430. The molecular weight excluding hydrogens is 358 g/mol. The van der Waals surface area contributed by atoms with Crippen LogP contribution in [0.1, 0.15) is 17.5 Å². The van der Waals surface area contributed by atoms with Crippen molar-refractivity contribution < 1.29 is 31.9 Å². The Morgan fingerprint density at radius 2 is 1.88 bits per heavy atom. The van der Waals surface area contributed by atoms with E-state index in [4.69, 9.17) is 0 Å². The second-order valence-corrected chi connectivity index (χ2v) is 6.21. The van der Waals surface area contributed by atoms with Crippen molar-refractivity contribution in [2.24, 2.45) is 16.1 Å². The largest absolute Gasteiger partial charge is 0.467 e. The Morgan fingerprint density at radius 1 is 1.31 bits per heavy atom. The molecule has 10 heteroatoms. The quantitative estimate of drug-likeness (QED) is 0.614. The minimum Gasteiger partial charge on any atom is -0.467 e. The van der Waals surface area contributed by atoms with Crippen molar-refractivity contribution >= 4 is 11.9 Å². The highest BCUT2D eigenvalue weighted by Crippen LogP contribution is 2.52. The summed E-state index contributed by atoms with van der Waals surface area (Å²) < 4.78 is 56.5. The molecule has 1 unspecified atom stereocenters. The lowest BCUT2D eigenvalue weighted by atomic mass is 9.98. The van der Waals surface area contributed by atoms with Crippen LogP contribution in [-0.2, 0) is 26.4 Å². The summed E-state index contributed by atoms with van der Waals surface area (Å²) in [5.41, 5.74) is -2.15. The van der Waals surface area contributed by atoms with E-state index in [1.807, 2.05) is 0 Å². The predicted molar refractivity (Wildman–Crippen MR) is 79.7 cm³/mol. The van der Waals surface area contributed by atoms with Crippen LogP contribution < -0.4 is 5.32 Å². The molecule has 0 bridgehead atoms. The third-order valence-electron chi connectivity index (χ3n) is 4.34. The topological polar surface area (TPSA) is 80.1 Å². The van der Waals surface area contributed by atoms with Crippen LogP contribution in [0.4, 0.5) is 17.6 Å². The van der Waals surface area contributed by atoms with Gasteiger partial charge in [-0.15, -0.1) is 10.2 Å². The van der Waals surface area contributed by atoms with Gasteiger partial charge in [0.25, 0.3) is 0 Å². The Bertz CT molecular complexity index is 742. The number of ether oxygens (including phenoxy) is 1. The zero-order valence-corrected chi connectivity index (χ0v) is 13.6. The Kier molecular flexibility index (Phi) is 4.45. The van der Waals surface area contributed by atoms with Gasteiger partial charge in [0.15, 0.2) is 0 Å². The van der Waals surface area contributed by atoms with Crippen LogP contribution >= 0.6 is 0 Å². The van der Waals surface area contributed by atoms with Crippen LogP contribution in [0, 0.1) is 5.92 Å². The smallest absolute Gasteiger partial charge is 0.442 e. The molecule has 140 valence electrons. The van der Waals surface area contributed by atoms with E-state index in [2.05, 4.69) is 20.3 Å². The van der Waals surface area contributed by atoms with Crippen LogP contribution in [0.25, 0.3) is 0 Å². The molecule has 1 aromatic carbocycles. The maximum atomic E-state index is 13.0. The number of benzene rings is 1. The van der Waals surface area contributed by atoms with Gasteiger partial charge >= 0.3 is 17.8 Å². The zero-order chi connectivity index (χ0) is 19.1. The van der Waals surface area contributed by atoms with Crippen LogP contribution in [0.2, 0.25) is 0 Å². The van der Waals surface area contributed by atoms with E-state index in [1.165, 1.54) is 24.3 Å². The van der Waals surface area contributed by atoms with E-state index >= 15 is 0 Å². The van der Waals surface area contributed by atoms with Gasteiger partial charge in [0.2, 0.25) is 5.91 Å². The summed E-state index contributed by atoms with van der Waals surface area (Å²) in [6, 6.07) is 4.17. The SMILES string of the molecule is COC(=O)C(Cc1ccc(C2(C(F)(F)F)N=N2)cc1)NC(=O)[C@@H]1C[C@H]1F. The number of esters is 1. The molecule has 6 nitrogen and oxygen atoms in total. The summed E-state index contributed by atoms with van der Waals surface area (Å²) in [4.78, 5) is 23.7. The Hall–Kier alpha value is -2.52. The average Bonchev–Trinajstić information content (AvgIpc) is 3.49. The molecule has 0 saturated heterocycles. The first-order valence-electron chi connectivity index (χ1n) is 7.80. The van der Waals surface area contributed by atoms with E-state index in [0.717, 1.165) is 7.11 Å². The first-order chi connectivity index (χ1) is 12.2. The first-order valence-corrected chi connectivity index (χ1v) is 7.80. The molecule has 26 heavy (non-hydrogen) atoms. The van der Waals surface area contributed by atoms with Crippen molar-refractivity contribution in [2.75, 3.05) is 7.11 Å². The van der Waals surface area contributed by atoms with Gasteiger partial charge in [-0.1, -0.05) is 24.3 Å². The minimum atomic E-state index is -4.62. The van der Waals surface area contributed by atoms with Crippen LogP contribution in [0.15, 0.2) is 34.5 Å². The number of carbonyl (C=O) groups is 2. The normalized spacial score (nSPS) is 23.9. The van der Waals surface area contributed by atoms with E-state index in [-0.39, 0.29) is 18.4 Å². The fraction of sp³-hybridized carbons (Fsp3) is 0.500. The third-order valence-corrected chi connectivity index (χ3v) is 4.34. The molecule has 1 aliphatic carbocycles. The predicted octanol–water partition coefficient (Wildman–Crippen LogP) is 2.43. The zero-order valence-electron chi connectivity index (χ0n) is 13.6. The van der Waals surface area contributed by atoms with Crippen LogP contribution in [-0.4, -0.2) is 37.4 Å². The van der Waals surface area contributed by atoms with E-state index in [0.29, 0.717) is 5.56 Å². The number of nitrogens with zero attached hydrogens (tertiary/aromatic N) is 2. The number of alkyl halides is 4. The Labute approximate surface area is 145 Å². The highest BCUT2D eigenvalue weighted by atomic mass is 19.4. The number of methoxy groups -OCH3 is 1. The molecule has 0 aromatic heterocycles. The number of carbonyl (C=O) groups excluding carboxylic acids is 2. The number of hydrogen-bond acceptors (Lipinski definition) is 5. The van der Waals surface area contributed by atoms with Gasteiger partial charge in [0, 0.05) is 12.0 Å². The molecule has 1 heterocycles. The van der Waals surface area contributed by atoms with Crippen molar-refractivity contribution in [2.45, 2.75) is 36.9 Å². The number of rotatable bonds is 6. The van der Waals surface area contributed by atoms with Gasteiger partial charge in [0.1, 0.15) is 12.2 Å². The van der Waals surface area contributed by atoms with Crippen LogP contribution in [0.5, 0.6) is 0 Å². The maximum Gasteiger partial charge on any atom is 0.442 e. The van der Waals surface area contributed by atoms with E-state index in [1.54, 1.807) is 0 Å². The highest BCUT2D eigenvalue weighted by molar-refractivity contribution is 5.87. The Balaban J connectivity index is 1.69. The molecule has 1 aliphatic heterocycles. The molecular formula is C16H15F4N3O3. The lowest BCUT2D eigenvalue weighted by molar-refractivity contribution is -0.166. The van der Waals surface area contributed by atoms with Crippen molar-refractivity contribution in [3.05, 3.63) is 35.4 Å². The summed E-state index contributed by atoms with van der Waals surface area (Å²) in [5, 5.41) is 8.65. The van der Waals surface area contributed by atoms with Gasteiger partial charge in [-0.2, -0.15) is 13.2 Å². The van der Waals surface area contributed by atoms with Gasteiger partial charge in [-0.05, 0) is 12.0 Å². The standard InChI is InChI=1S/C16H15F4N3O3/c1-26-14(25)12(21-13(24)10-7-11(10)17)6-8-2-4-9(5-3-8)15(22-23-15)16(18,19)20/h2-5,10-12H,6-7H2,1H3,(H,21,24)/t10-,11-,12?/m1/s1. The molecule has 0 spiro atoms. The number of amides is 1. The molecule has 3 atom stereocenters. The van der Waals surface area contributed by atoms with Gasteiger partial charge in [-0.3, -0.25) is 4.79 Å². The molecule has 1 N–H and O–H groups in total. The summed E-state index contributed by atoms with van der Waals surface area (Å²) in [7, 11) is 1.14. The van der Waals surface area contributed by atoms with Gasteiger partial charge in [-0.25, -0.2) is 9.18 Å². The summed E-state index contributed by atoms with van der Waals surface area (Å²) in [6.45, 7) is 0. The first kappa shape index (κ1) is 18.3. The van der Waals surface area contributed by atoms with Crippen molar-refractivity contribution in [3.63, 3.8) is 0 Å². The highest BCUT2D eigenvalue weighted by Gasteiger charge is 2.65. The molecule has 1 aromatic rings. The monoisotopic (exact) mass is 373 g/mol. The third kappa shape index (κ3) is 3.40. The van der Waals surface area contributed by atoms with Crippen LogP contribution in [0.3, 0.4) is 0 Å². The lowest BCUT2D eigenvalue weighted by Crippen LogP contribution is -2.44. The van der Waals surface area contributed by atoms with Crippen molar-refractivity contribution in [1.82, 2.24) is 5.32 Å². The fourth-order valence-electron chi connectivity index (χ4n) is 2.60. The van der Waals surface area contributed by atoms with Gasteiger partial charge < -0.3 is 10.1 Å². The van der Waals surface area contributed by atoms with Crippen molar-refractivity contribution in [1.29, 1.82) is 0 Å². The maximum absolute atomic E-state index is 13.0. The summed E-state index contributed by atoms with van der Waals surface area (Å²) in [6.07, 6.45) is -5.72. The number of halogens is 4. The van der Waals surface area contributed by atoms with E-state index in [9.17, 15) is 27.2 Å². The lowest BCUT2D eigenvalue weighted by Gasteiger charge is -2.18. The molecule has 1 fully saturated rings. The molecule has 3 rings (SSSR count). The number of nitrogens with one attached hydrogen (secondary N) is 1. The number of hydrogen-bond donors (Lipinski definition) is 1. The molecule has 0 radical (unpaired) electrons. The fourth-order valence-corrected chi connectivity index (χ4v) is 2.60. The molecule has 2 aliphatic rings. The summed E-state index contributed by atoms with van der Waals surface area (Å²) >= 11 is 0. The second kappa shape index (κ2) is 6.33.